The van der Waals surface area contributed by atoms with Crippen LogP contribution in [0.1, 0.15) is 17.3 Å². The first-order valence-corrected chi connectivity index (χ1v) is 7.12. The van der Waals surface area contributed by atoms with E-state index < -0.39 is 0 Å². The van der Waals surface area contributed by atoms with Gasteiger partial charge in [0, 0.05) is 24.8 Å². The van der Waals surface area contributed by atoms with Gasteiger partial charge in [0.15, 0.2) is 5.82 Å². The molecule has 2 heterocycles. The van der Waals surface area contributed by atoms with Crippen LogP contribution in [0.5, 0.6) is 0 Å². The van der Waals surface area contributed by atoms with Crippen molar-refractivity contribution in [3.8, 4) is 11.4 Å². The number of aryl methyl sites for hydroxylation is 1. The number of anilines is 1. The largest absolute Gasteiger partial charge is 0.384 e. The van der Waals surface area contributed by atoms with Crippen LogP contribution in [0.25, 0.3) is 11.4 Å². The summed E-state index contributed by atoms with van der Waals surface area (Å²) in [5, 5.41) is 8.02. The second-order valence-electron chi connectivity index (χ2n) is 5.30. The molecule has 0 aliphatic carbocycles. The van der Waals surface area contributed by atoms with Crippen LogP contribution < -0.4 is 5.32 Å². The normalized spacial score (nSPS) is 16.5. The van der Waals surface area contributed by atoms with Gasteiger partial charge in [-0.15, -0.1) is 0 Å². The maximum atomic E-state index is 4.77. The summed E-state index contributed by atoms with van der Waals surface area (Å²) in [7, 11) is 1.97. The molecule has 1 aliphatic rings. The zero-order valence-electron chi connectivity index (χ0n) is 11.8. The Balaban J connectivity index is 1.76. The summed E-state index contributed by atoms with van der Waals surface area (Å²) in [6, 6.07) is 18.5. The van der Waals surface area contributed by atoms with Gasteiger partial charge >= 0.3 is 0 Å². The second kappa shape index (κ2) is 4.74. The van der Waals surface area contributed by atoms with Crippen molar-refractivity contribution in [3.63, 3.8) is 0 Å². The minimum absolute atomic E-state index is 0.260. The minimum Gasteiger partial charge on any atom is -0.384 e. The summed E-state index contributed by atoms with van der Waals surface area (Å²) < 4.78 is 1.90. The van der Waals surface area contributed by atoms with Crippen molar-refractivity contribution in [2.24, 2.45) is 7.05 Å². The fourth-order valence-corrected chi connectivity index (χ4v) is 2.92. The number of nitrogens with one attached hydrogen (secondary N) is 1. The molecule has 1 unspecified atom stereocenters. The first-order valence-electron chi connectivity index (χ1n) is 7.12. The molecule has 0 amide bonds. The monoisotopic (exact) mass is 276 g/mol. The topological polar surface area (TPSA) is 42.7 Å². The Bertz CT molecular complexity index is 776. The summed E-state index contributed by atoms with van der Waals surface area (Å²) in [5.74, 6) is 2.06. The molecular weight excluding hydrogens is 260 g/mol. The van der Waals surface area contributed by atoms with E-state index in [-0.39, 0.29) is 5.92 Å². The van der Waals surface area contributed by atoms with E-state index in [1.807, 2.05) is 42.1 Å². The fraction of sp³-hybridized carbons (Fsp3) is 0.176. The summed E-state index contributed by atoms with van der Waals surface area (Å²) in [5.41, 5.74) is 3.55. The van der Waals surface area contributed by atoms with Crippen molar-refractivity contribution in [3.05, 3.63) is 66.0 Å². The first-order chi connectivity index (χ1) is 10.3. The lowest BCUT2D eigenvalue weighted by Gasteiger charge is -2.08. The third-order valence-electron chi connectivity index (χ3n) is 3.97. The standard InChI is InChI=1S/C17H16N4/c1-21-17(14-11-18-15-10-6-5-9-13(14)15)19-16(20-21)12-7-3-2-4-8-12/h2-10,14,18H,11H2,1H3. The highest BCUT2D eigenvalue weighted by Crippen LogP contribution is 2.35. The highest BCUT2D eigenvalue weighted by molar-refractivity contribution is 5.60. The van der Waals surface area contributed by atoms with Gasteiger partial charge in [-0.1, -0.05) is 48.5 Å². The van der Waals surface area contributed by atoms with E-state index in [4.69, 9.17) is 4.98 Å². The quantitative estimate of drug-likeness (QED) is 0.782. The van der Waals surface area contributed by atoms with E-state index in [1.54, 1.807) is 0 Å². The fourth-order valence-electron chi connectivity index (χ4n) is 2.92. The minimum atomic E-state index is 0.260. The lowest BCUT2D eigenvalue weighted by atomic mass is 10.0. The van der Waals surface area contributed by atoms with Crippen molar-refractivity contribution in [2.75, 3.05) is 11.9 Å². The maximum Gasteiger partial charge on any atom is 0.181 e. The molecule has 4 heteroatoms. The molecule has 2 aromatic carbocycles. The molecule has 4 nitrogen and oxygen atoms in total. The highest BCUT2D eigenvalue weighted by Gasteiger charge is 2.27. The molecule has 1 N–H and O–H groups in total. The van der Waals surface area contributed by atoms with Crippen LogP contribution >= 0.6 is 0 Å². The molecular formula is C17H16N4. The van der Waals surface area contributed by atoms with E-state index in [9.17, 15) is 0 Å². The van der Waals surface area contributed by atoms with E-state index in [0.29, 0.717) is 0 Å². The van der Waals surface area contributed by atoms with Gasteiger partial charge in [-0.05, 0) is 11.6 Å². The zero-order valence-corrected chi connectivity index (χ0v) is 11.8. The van der Waals surface area contributed by atoms with Crippen LogP contribution in [0.2, 0.25) is 0 Å². The van der Waals surface area contributed by atoms with E-state index >= 15 is 0 Å². The molecule has 1 aromatic heterocycles. The number of rotatable bonds is 2. The third kappa shape index (κ3) is 2.00. The van der Waals surface area contributed by atoms with Crippen LogP contribution in [0.15, 0.2) is 54.6 Å². The van der Waals surface area contributed by atoms with Crippen LogP contribution in [-0.4, -0.2) is 21.3 Å². The predicted molar refractivity (Wildman–Crippen MR) is 83.2 cm³/mol. The van der Waals surface area contributed by atoms with Crippen molar-refractivity contribution >= 4 is 5.69 Å². The van der Waals surface area contributed by atoms with Crippen molar-refractivity contribution in [2.45, 2.75) is 5.92 Å². The van der Waals surface area contributed by atoms with Gasteiger partial charge in [0.2, 0.25) is 0 Å². The van der Waals surface area contributed by atoms with Crippen molar-refractivity contribution in [1.82, 2.24) is 14.8 Å². The van der Waals surface area contributed by atoms with Gasteiger partial charge in [0.25, 0.3) is 0 Å². The molecule has 0 spiro atoms. The Labute approximate surface area is 123 Å². The summed E-state index contributed by atoms with van der Waals surface area (Å²) in [4.78, 5) is 4.77. The Morgan fingerprint density at radius 2 is 1.81 bits per heavy atom. The van der Waals surface area contributed by atoms with Gasteiger partial charge < -0.3 is 5.32 Å². The number of aromatic nitrogens is 3. The maximum absolute atomic E-state index is 4.77. The van der Waals surface area contributed by atoms with E-state index in [0.717, 1.165) is 23.8 Å². The van der Waals surface area contributed by atoms with Gasteiger partial charge in [0.1, 0.15) is 5.82 Å². The SMILES string of the molecule is Cn1nc(-c2ccccc2)nc1C1CNc2ccccc21. The van der Waals surface area contributed by atoms with Crippen LogP contribution in [0.3, 0.4) is 0 Å². The molecule has 0 saturated carbocycles. The lowest BCUT2D eigenvalue weighted by Crippen LogP contribution is -2.10. The molecule has 21 heavy (non-hydrogen) atoms. The summed E-state index contributed by atoms with van der Waals surface area (Å²) >= 11 is 0. The average Bonchev–Trinajstić information content (AvgIpc) is 3.11. The smallest absolute Gasteiger partial charge is 0.181 e. The van der Waals surface area contributed by atoms with Gasteiger partial charge in [0.05, 0.1) is 5.92 Å². The van der Waals surface area contributed by atoms with Gasteiger partial charge in [-0.2, -0.15) is 5.10 Å². The number of fused-ring (bicyclic) bond motifs is 1. The molecule has 3 aromatic rings. The Hall–Kier alpha value is -2.62. The second-order valence-corrected chi connectivity index (χ2v) is 5.30. The molecule has 4 rings (SSSR count). The van der Waals surface area contributed by atoms with Crippen molar-refractivity contribution in [1.29, 1.82) is 0 Å². The predicted octanol–water partition coefficient (Wildman–Crippen LogP) is 3.04. The first kappa shape index (κ1) is 12.1. The highest BCUT2D eigenvalue weighted by atomic mass is 15.3. The Morgan fingerprint density at radius 3 is 2.67 bits per heavy atom. The van der Waals surface area contributed by atoms with Gasteiger partial charge in [-0.25, -0.2) is 4.98 Å². The van der Waals surface area contributed by atoms with Crippen molar-refractivity contribution < 1.29 is 0 Å². The molecule has 104 valence electrons. The number of para-hydroxylation sites is 1. The van der Waals surface area contributed by atoms with E-state index in [1.165, 1.54) is 11.3 Å². The van der Waals surface area contributed by atoms with Gasteiger partial charge in [-0.3, -0.25) is 4.68 Å². The molecule has 0 bridgehead atoms. The molecule has 1 atom stereocenters. The van der Waals surface area contributed by atoms with Crippen LogP contribution in [0.4, 0.5) is 5.69 Å². The third-order valence-corrected chi connectivity index (χ3v) is 3.97. The summed E-state index contributed by atoms with van der Waals surface area (Å²) in [6.45, 7) is 0.875. The number of nitrogens with zero attached hydrogens (tertiary/aromatic N) is 3. The molecule has 0 saturated heterocycles. The number of benzene rings is 2. The Morgan fingerprint density at radius 1 is 1.05 bits per heavy atom. The number of hydrogen-bond donors (Lipinski definition) is 1. The lowest BCUT2D eigenvalue weighted by molar-refractivity contribution is 0.671. The Kier molecular flexibility index (Phi) is 2.74. The molecule has 0 fully saturated rings. The van der Waals surface area contributed by atoms with Crippen LogP contribution in [0, 0.1) is 0 Å². The zero-order chi connectivity index (χ0) is 14.2. The van der Waals surface area contributed by atoms with Crippen LogP contribution in [-0.2, 0) is 7.05 Å². The molecule has 1 aliphatic heterocycles. The van der Waals surface area contributed by atoms with E-state index in [2.05, 4.69) is 34.7 Å². The average molecular weight is 276 g/mol. The molecule has 0 radical (unpaired) electrons. The number of hydrogen-bond acceptors (Lipinski definition) is 3. The summed E-state index contributed by atoms with van der Waals surface area (Å²) in [6.07, 6.45) is 0.